The highest BCUT2D eigenvalue weighted by molar-refractivity contribution is 9.10. The van der Waals surface area contributed by atoms with Gasteiger partial charge >= 0.3 is 0 Å². The summed E-state index contributed by atoms with van der Waals surface area (Å²) in [4.78, 5) is 2.61. The number of nitrogens with two attached hydrogens (primary N) is 1. The predicted molar refractivity (Wildman–Crippen MR) is 94.4 cm³/mol. The summed E-state index contributed by atoms with van der Waals surface area (Å²) in [7, 11) is 0. The van der Waals surface area contributed by atoms with E-state index in [-0.39, 0.29) is 6.04 Å². The molecule has 1 aromatic carbocycles. The smallest absolute Gasteiger partial charge is 0.0496 e. The fourth-order valence-electron chi connectivity index (χ4n) is 3.67. The lowest BCUT2D eigenvalue weighted by atomic mass is 9.95. The lowest BCUT2D eigenvalue weighted by Gasteiger charge is -2.34. The van der Waals surface area contributed by atoms with Crippen LogP contribution in [-0.4, -0.2) is 24.0 Å². The van der Waals surface area contributed by atoms with Gasteiger partial charge in [0.1, 0.15) is 0 Å². The van der Waals surface area contributed by atoms with Crippen molar-refractivity contribution in [1.82, 2.24) is 4.90 Å². The van der Waals surface area contributed by atoms with Crippen LogP contribution in [0.5, 0.6) is 0 Å². The first-order valence-corrected chi connectivity index (χ1v) is 9.16. The lowest BCUT2D eigenvalue weighted by Crippen LogP contribution is -2.40. The van der Waals surface area contributed by atoms with Crippen molar-refractivity contribution in [3.63, 3.8) is 0 Å². The zero-order chi connectivity index (χ0) is 15.2. The fraction of sp³-hybridized carbons (Fsp3) is 0.667. The molecule has 3 unspecified atom stereocenters. The van der Waals surface area contributed by atoms with E-state index in [4.69, 9.17) is 5.73 Å². The number of nitrogens with zero attached hydrogens (tertiary/aromatic N) is 1. The van der Waals surface area contributed by atoms with E-state index < -0.39 is 0 Å². The summed E-state index contributed by atoms with van der Waals surface area (Å²) in [6.45, 7) is 6.81. The Kier molecular flexibility index (Phi) is 6.72. The molecular formula is C18H29BrN2. The molecule has 1 fully saturated rings. The monoisotopic (exact) mass is 352 g/mol. The van der Waals surface area contributed by atoms with Crippen molar-refractivity contribution in [1.29, 1.82) is 0 Å². The van der Waals surface area contributed by atoms with Gasteiger partial charge in [0.25, 0.3) is 0 Å². The third-order valence-corrected chi connectivity index (χ3v) is 5.21. The number of rotatable bonds is 5. The van der Waals surface area contributed by atoms with Gasteiger partial charge in [-0.3, -0.25) is 4.90 Å². The van der Waals surface area contributed by atoms with Crippen molar-refractivity contribution in [3.8, 4) is 0 Å². The van der Waals surface area contributed by atoms with Gasteiger partial charge < -0.3 is 5.73 Å². The van der Waals surface area contributed by atoms with Gasteiger partial charge in [0.15, 0.2) is 0 Å². The van der Waals surface area contributed by atoms with E-state index in [1.807, 2.05) is 0 Å². The molecule has 1 aliphatic heterocycles. The van der Waals surface area contributed by atoms with Crippen molar-refractivity contribution in [2.75, 3.05) is 13.1 Å². The third-order valence-electron chi connectivity index (χ3n) is 4.68. The molecule has 2 rings (SSSR count). The first kappa shape index (κ1) is 17.0. The molecule has 3 atom stereocenters. The van der Waals surface area contributed by atoms with E-state index in [0.29, 0.717) is 6.04 Å². The summed E-state index contributed by atoms with van der Waals surface area (Å²) in [5.74, 6) is 0.915. The highest BCUT2D eigenvalue weighted by Gasteiger charge is 2.26. The summed E-state index contributed by atoms with van der Waals surface area (Å²) in [6.07, 6.45) is 6.72. The molecule has 0 spiro atoms. The Labute approximate surface area is 138 Å². The van der Waals surface area contributed by atoms with Crippen molar-refractivity contribution in [2.45, 2.75) is 58.0 Å². The highest BCUT2D eigenvalue weighted by atomic mass is 79.9. The van der Waals surface area contributed by atoms with Crippen molar-refractivity contribution in [3.05, 3.63) is 34.3 Å². The van der Waals surface area contributed by atoms with Crippen LogP contribution in [0.4, 0.5) is 0 Å². The Balaban J connectivity index is 2.09. The Morgan fingerprint density at radius 3 is 2.57 bits per heavy atom. The van der Waals surface area contributed by atoms with E-state index in [2.05, 4.69) is 58.9 Å². The van der Waals surface area contributed by atoms with Crippen LogP contribution in [-0.2, 0) is 0 Å². The van der Waals surface area contributed by atoms with Crippen LogP contribution in [0, 0.1) is 5.92 Å². The standard InChI is InChI=1S/C18H29BrN2/c1-3-5-15-6-4-12-21(13-11-15)18(14(2)20)16-7-9-17(19)10-8-16/h7-10,14-15,18H,3-6,11-13,20H2,1-2H3. The summed E-state index contributed by atoms with van der Waals surface area (Å²) in [5, 5.41) is 0. The Bertz CT molecular complexity index is 416. The summed E-state index contributed by atoms with van der Waals surface area (Å²) in [6, 6.07) is 9.19. The minimum Gasteiger partial charge on any atom is -0.326 e. The third kappa shape index (κ3) is 4.80. The van der Waals surface area contributed by atoms with E-state index in [0.717, 1.165) is 10.4 Å². The maximum absolute atomic E-state index is 6.33. The molecular weight excluding hydrogens is 324 g/mol. The molecule has 0 amide bonds. The molecule has 2 N–H and O–H groups in total. The average Bonchev–Trinajstić information content (AvgIpc) is 2.67. The Hall–Kier alpha value is -0.380. The molecule has 3 heteroatoms. The van der Waals surface area contributed by atoms with Gasteiger partial charge in [-0.2, -0.15) is 0 Å². The molecule has 1 aliphatic rings. The molecule has 1 saturated heterocycles. The zero-order valence-corrected chi connectivity index (χ0v) is 15.0. The van der Waals surface area contributed by atoms with Crippen LogP contribution in [0.3, 0.4) is 0 Å². The van der Waals surface area contributed by atoms with Crippen molar-refractivity contribution in [2.24, 2.45) is 11.7 Å². The molecule has 0 aliphatic carbocycles. The minimum atomic E-state index is 0.161. The molecule has 0 bridgehead atoms. The molecule has 118 valence electrons. The van der Waals surface area contributed by atoms with Crippen LogP contribution < -0.4 is 5.73 Å². The Morgan fingerprint density at radius 2 is 1.95 bits per heavy atom. The van der Waals surface area contributed by atoms with Crippen LogP contribution in [0.15, 0.2) is 28.7 Å². The first-order chi connectivity index (χ1) is 10.1. The van der Waals surface area contributed by atoms with Crippen LogP contribution in [0.1, 0.15) is 57.6 Å². The largest absolute Gasteiger partial charge is 0.326 e. The van der Waals surface area contributed by atoms with E-state index in [9.17, 15) is 0 Å². The number of hydrogen-bond donors (Lipinski definition) is 1. The summed E-state index contributed by atoms with van der Waals surface area (Å²) in [5.41, 5.74) is 7.68. The first-order valence-electron chi connectivity index (χ1n) is 8.37. The second-order valence-electron chi connectivity index (χ2n) is 6.48. The van der Waals surface area contributed by atoms with Crippen molar-refractivity contribution < 1.29 is 0 Å². The lowest BCUT2D eigenvalue weighted by molar-refractivity contribution is 0.180. The molecule has 0 radical (unpaired) electrons. The van der Waals surface area contributed by atoms with E-state index in [1.54, 1.807) is 0 Å². The topological polar surface area (TPSA) is 29.3 Å². The van der Waals surface area contributed by atoms with E-state index >= 15 is 0 Å². The second kappa shape index (κ2) is 8.30. The fourth-order valence-corrected chi connectivity index (χ4v) is 3.93. The average molecular weight is 353 g/mol. The predicted octanol–water partition coefficient (Wildman–Crippen LogP) is 4.74. The maximum atomic E-state index is 6.33. The molecule has 1 aromatic rings. The van der Waals surface area contributed by atoms with Gasteiger partial charge in [0.05, 0.1) is 0 Å². The minimum absolute atomic E-state index is 0.161. The zero-order valence-electron chi connectivity index (χ0n) is 13.4. The SMILES string of the molecule is CCCC1CCCN(C(c2ccc(Br)cc2)C(C)N)CC1. The quantitative estimate of drug-likeness (QED) is 0.828. The van der Waals surface area contributed by atoms with Gasteiger partial charge in [0.2, 0.25) is 0 Å². The van der Waals surface area contributed by atoms with Crippen LogP contribution in [0.25, 0.3) is 0 Å². The highest BCUT2D eigenvalue weighted by Crippen LogP contribution is 2.30. The summed E-state index contributed by atoms with van der Waals surface area (Å²) < 4.78 is 1.13. The van der Waals surface area contributed by atoms with E-state index in [1.165, 1.54) is 50.8 Å². The molecule has 1 heterocycles. The maximum Gasteiger partial charge on any atom is 0.0496 e. The number of benzene rings is 1. The van der Waals surface area contributed by atoms with Gasteiger partial charge in [-0.15, -0.1) is 0 Å². The van der Waals surface area contributed by atoms with Gasteiger partial charge in [-0.05, 0) is 62.9 Å². The molecule has 0 aromatic heterocycles. The van der Waals surface area contributed by atoms with Gasteiger partial charge in [0, 0.05) is 16.6 Å². The summed E-state index contributed by atoms with van der Waals surface area (Å²) >= 11 is 3.52. The molecule has 0 saturated carbocycles. The number of halogens is 1. The normalized spacial score (nSPS) is 23.5. The molecule has 2 nitrogen and oxygen atoms in total. The van der Waals surface area contributed by atoms with Crippen LogP contribution >= 0.6 is 15.9 Å². The van der Waals surface area contributed by atoms with Crippen molar-refractivity contribution >= 4 is 15.9 Å². The number of hydrogen-bond acceptors (Lipinski definition) is 2. The second-order valence-corrected chi connectivity index (χ2v) is 7.39. The molecule has 21 heavy (non-hydrogen) atoms. The van der Waals surface area contributed by atoms with Gasteiger partial charge in [-0.1, -0.05) is 47.8 Å². The Morgan fingerprint density at radius 1 is 1.24 bits per heavy atom. The van der Waals surface area contributed by atoms with Crippen LogP contribution in [0.2, 0.25) is 0 Å². The number of likely N-dealkylation sites (tertiary alicyclic amines) is 1. The van der Waals surface area contributed by atoms with Gasteiger partial charge in [-0.25, -0.2) is 0 Å².